The predicted octanol–water partition coefficient (Wildman–Crippen LogP) is 4.35. The average Bonchev–Trinajstić information content (AvgIpc) is 3.23. The first kappa shape index (κ1) is 21.4. The van der Waals surface area contributed by atoms with Crippen LogP contribution in [0.2, 0.25) is 0 Å². The maximum Gasteiger partial charge on any atom is 0.262 e. The molecule has 3 aromatic rings. The number of sulfonamides is 1. The Bertz CT molecular complexity index is 1070. The SMILES string of the molecule is O=C(NCCSCc1ccsc1)c1cccc(S(=O)(=O)Nc2ccccc2F)c1. The van der Waals surface area contributed by atoms with Crippen LogP contribution in [0.3, 0.4) is 0 Å². The molecule has 2 aromatic carbocycles. The van der Waals surface area contributed by atoms with Crippen molar-refractivity contribution in [3.05, 3.63) is 82.3 Å². The molecule has 0 bridgehead atoms. The summed E-state index contributed by atoms with van der Waals surface area (Å²) in [5, 5.41) is 6.90. The van der Waals surface area contributed by atoms with Crippen LogP contribution >= 0.6 is 23.1 Å². The summed E-state index contributed by atoms with van der Waals surface area (Å²) in [5.74, 6) is 0.595. The first-order chi connectivity index (χ1) is 14.0. The maximum absolute atomic E-state index is 13.7. The van der Waals surface area contributed by atoms with Crippen LogP contribution in [-0.2, 0) is 15.8 Å². The number of benzene rings is 2. The van der Waals surface area contributed by atoms with Gasteiger partial charge in [-0.15, -0.1) is 0 Å². The molecule has 29 heavy (non-hydrogen) atoms. The van der Waals surface area contributed by atoms with Gasteiger partial charge >= 0.3 is 0 Å². The second-order valence-electron chi connectivity index (χ2n) is 6.05. The molecule has 0 atom stereocenters. The average molecular weight is 451 g/mol. The van der Waals surface area contributed by atoms with Crippen LogP contribution in [0.1, 0.15) is 15.9 Å². The van der Waals surface area contributed by atoms with Crippen LogP contribution in [0.25, 0.3) is 0 Å². The molecule has 0 fully saturated rings. The van der Waals surface area contributed by atoms with Crippen LogP contribution in [0.4, 0.5) is 10.1 Å². The molecular weight excluding hydrogens is 431 g/mol. The van der Waals surface area contributed by atoms with Gasteiger partial charge in [-0.3, -0.25) is 9.52 Å². The van der Waals surface area contributed by atoms with E-state index in [9.17, 15) is 17.6 Å². The van der Waals surface area contributed by atoms with Gasteiger partial charge in [-0.1, -0.05) is 18.2 Å². The Morgan fingerprint density at radius 2 is 1.93 bits per heavy atom. The zero-order valence-electron chi connectivity index (χ0n) is 15.3. The van der Waals surface area contributed by atoms with Crippen molar-refractivity contribution in [3.8, 4) is 0 Å². The minimum atomic E-state index is -4.02. The summed E-state index contributed by atoms with van der Waals surface area (Å²) in [5.41, 5.74) is 1.33. The number of thiophene rings is 1. The second-order valence-corrected chi connectivity index (χ2v) is 9.62. The third-order valence-electron chi connectivity index (χ3n) is 3.91. The summed E-state index contributed by atoms with van der Waals surface area (Å²) in [4.78, 5) is 12.2. The van der Waals surface area contributed by atoms with Crippen LogP contribution < -0.4 is 10.0 Å². The van der Waals surface area contributed by atoms with Gasteiger partial charge < -0.3 is 5.32 Å². The molecule has 1 aromatic heterocycles. The standard InChI is InChI=1S/C20H19FN2O3S3/c21-18-6-1-2-7-19(18)23-29(25,26)17-5-3-4-16(12-17)20(24)22-9-11-28-14-15-8-10-27-13-15/h1-8,10,12-13,23H,9,11,14H2,(H,22,24). The summed E-state index contributed by atoms with van der Waals surface area (Å²) in [6.45, 7) is 0.470. The van der Waals surface area contributed by atoms with E-state index in [0.717, 1.165) is 17.6 Å². The number of para-hydroxylation sites is 1. The maximum atomic E-state index is 13.7. The van der Waals surface area contributed by atoms with Crippen LogP contribution in [0.5, 0.6) is 0 Å². The van der Waals surface area contributed by atoms with Gasteiger partial charge in [-0.05, 0) is 52.7 Å². The number of rotatable bonds is 9. The lowest BCUT2D eigenvalue weighted by Gasteiger charge is -2.10. The zero-order valence-corrected chi connectivity index (χ0v) is 17.7. The van der Waals surface area contributed by atoms with Crippen molar-refractivity contribution in [2.45, 2.75) is 10.6 Å². The minimum Gasteiger partial charge on any atom is -0.351 e. The van der Waals surface area contributed by atoms with Gasteiger partial charge in [0.25, 0.3) is 15.9 Å². The molecule has 152 valence electrons. The first-order valence-corrected chi connectivity index (χ1v) is 12.3. The molecule has 1 heterocycles. The van der Waals surface area contributed by atoms with Crippen LogP contribution in [-0.4, -0.2) is 26.6 Å². The van der Waals surface area contributed by atoms with Crippen molar-refractivity contribution < 1.29 is 17.6 Å². The summed E-state index contributed by atoms with van der Waals surface area (Å²) >= 11 is 3.36. The number of hydrogen-bond acceptors (Lipinski definition) is 5. The monoisotopic (exact) mass is 450 g/mol. The number of nitrogens with one attached hydrogen (secondary N) is 2. The van der Waals surface area contributed by atoms with E-state index in [1.165, 1.54) is 48.0 Å². The van der Waals surface area contributed by atoms with Gasteiger partial charge in [0.15, 0.2) is 0 Å². The Balaban J connectivity index is 1.58. The predicted molar refractivity (Wildman–Crippen MR) is 116 cm³/mol. The molecule has 0 aliphatic carbocycles. The van der Waals surface area contributed by atoms with E-state index in [2.05, 4.69) is 21.5 Å². The van der Waals surface area contributed by atoms with Crippen molar-refractivity contribution in [2.75, 3.05) is 17.0 Å². The van der Waals surface area contributed by atoms with E-state index in [1.54, 1.807) is 23.1 Å². The quantitative estimate of drug-likeness (QED) is 0.475. The van der Waals surface area contributed by atoms with Gasteiger partial charge in [0.1, 0.15) is 5.82 Å². The van der Waals surface area contributed by atoms with E-state index in [-0.39, 0.29) is 22.1 Å². The molecule has 5 nitrogen and oxygen atoms in total. The minimum absolute atomic E-state index is 0.111. The Morgan fingerprint density at radius 3 is 2.69 bits per heavy atom. The van der Waals surface area contributed by atoms with E-state index in [4.69, 9.17) is 0 Å². The van der Waals surface area contributed by atoms with Crippen molar-refractivity contribution in [1.29, 1.82) is 0 Å². The van der Waals surface area contributed by atoms with Crippen LogP contribution in [0.15, 0.2) is 70.3 Å². The van der Waals surface area contributed by atoms with Gasteiger partial charge in [-0.25, -0.2) is 12.8 Å². The molecule has 2 N–H and O–H groups in total. The Hall–Kier alpha value is -2.36. The Kier molecular flexibility index (Phi) is 7.29. The summed E-state index contributed by atoms with van der Waals surface area (Å²) < 4.78 is 41.0. The van der Waals surface area contributed by atoms with Gasteiger partial charge in [0.2, 0.25) is 0 Å². The van der Waals surface area contributed by atoms with Crippen molar-refractivity contribution in [3.63, 3.8) is 0 Å². The number of hydrogen-bond donors (Lipinski definition) is 2. The molecule has 0 saturated heterocycles. The molecule has 0 saturated carbocycles. The fourth-order valence-electron chi connectivity index (χ4n) is 2.46. The molecular formula is C20H19FN2O3S3. The van der Waals surface area contributed by atoms with Crippen LogP contribution in [0, 0.1) is 5.82 Å². The third kappa shape index (κ3) is 6.06. The molecule has 0 aliphatic heterocycles. The highest BCUT2D eigenvalue weighted by atomic mass is 32.2. The molecule has 0 unspecified atom stereocenters. The highest BCUT2D eigenvalue weighted by Gasteiger charge is 2.18. The van der Waals surface area contributed by atoms with E-state index in [1.807, 2.05) is 5.38 Å². The largest absolute Gasteiger partial charge is 0.351 e. The first-order valence-electron chi connectivity index (χ1n) is 8.70. The van der Waals surface area contributed by atoms with Crippen molar-refractivity contribution in [2.24, 2.45) is 0 Å². The number of anilines is 1. The molecule has 0 aliphatic rings. The van der Waals surface area contributed by atoms with E-state index >= 15 is 0 Å². The Labute approximate surface area is 177 Å². The Morgan fingerprint density at radius 1 is 1.10 bits per heavy atom. The summed E-state index contributed by atoms with van der Waals surface area (Å²) in [6.07, 6.45) is 0. The van der Waals surface area contributed by atoms with E-state index < -0.39 is 15.8 Å². The lowest BCUT2D eigenvalue weighted by Crippen LogP contribution is -2.26. The molecule has 1 amide bonds. The smallest absolute Gasteiger partial charge is 0.262 e. The molecule has 9 heteroatoms. The molecule has 0 spiro atoms. The summed E-state index contributed by atoms with van der Waals surface area (Å²) in [6, 6.07) is 13.2. The number of carbonyl (C=O) groups excluding carboxylic acids is 1. The summed E-state index contributed by atoms with van der Waals surface area (Å²) in [7, 11) is -4.02. The fourth-order valence-corrected chi connectivity index (χ4v) is 5.15. The number of carbonyl (C=O) groups is 1. The second kappa shape index (κ2) is 9.91. The zero-order chi connectivity index (χ0) is 20.7. The highest BCUT2D eigenvalue weighted by Crippen LogP contribution is 2.20. The third-order valence-corrected chi connectivity index (χ3v) is 7.03. The molecule has 0 radical (unpaired) electrons. The lowest BCUT2D eigenvalue weighted by atomic mass is 10.2. The fraction of sp³-hybridized carbons (Fsp3) is 0.150. The van der Waals surface area contributed by atoms with Crippen molar-refractivity contribution >= 4 is 44.7 Å². The van der Waals surface area contributed by atoms with Gasteiger partial charge in [-0.2, -0.15) is 23.1 Å². The van der Waals surface area contributed by atoms with Gasteiger partial charge in [0.05, 0.1) is 10.6 Å². The number of amides is 1. The number of halogens is 1. The number of thioether (sulfide) groups is 1. The highest BCUT2D eigenvalue weighted by molar-refractivity contribution is 7.98. The normalized spacial score (nSPS) is 11.2. The van der Waals surface area contributed by atoms with Crippen molar-refractivity contribution in [1.82, 2.24) is 5.32 Å². The van der Waals surface area contributed by atoms with Gasteiger partial charge in [0, 0.05) is 23.6 Å². The van der Waals surface area contributed by atoms with E-state index in [0.29, 0.717) is 6.54 Å². The molecule has 3 rings (SSSR count). The lowest BCUT2D eigenvalue weighted by molar-refractivity contribution is 0.0956. The topological polar surface area (TPSA) is 75.3 Å².